The van der Waals surface area contributed by atoms with E-state index >= 15 is 0 Å². The number of carbonyl (C=O) groups is 2. The van der Waals surface area contributed by atoms with Gasteiger partial charge in [0.15, 0.2) is 11.6 Å². The lowest BCUT2D eigenvalue weighted by molar-refractivity contribution is -0.134. The van der Waals surface area contributed by atoms with E-state index in [1.165, 1.54) is 12.3 Å². The van der Waals surface area contributed by atoms with E-state index < -0.39 is 11.6 Å². The molecule has 2 saturated carbocycles. The third-order valence-corrected chi connectivity index (χ3v) is 6.61. The minimum Gasteiger partial charge on any atom is -0.453 e. The number of pyridine rings is 1. The van der Waals surface area contributed by atoms with E-state index in [4.69, 9.17) is 4.74 Å². The van der Waals surface area contributed by atoms with Crippen molar-refractivity contribution in [1.82, 2.24) is 9.88 Å². The third-order valence-electron chi connectivity index (χ3n) is 6.61. The molecule has 1 aromatic heterocycles. The molecule has 2 aliphatic carbocycles. The van der Waals surface area contributed by atoms with E-state index in [0.717, 1.165) is 57.3 Å². The lowest BCUT2D eigenvalue weighted by Crippen LogP contribution is -2.41. The number of piperidine rings is 1. The zero-order valence-electron chi connectivity index (χ0n) is 16.9. The van der Waals surface area contributed by atoms with Gasteiger partial charge in [0.2, 0.25) is 11.8 Å². The van der Waals surface area contributed by atoms with Gasteiger partial charge in [-0.1, -0.05) is 0 Å². The van der Waals surface area contributed by atoms with Crippen LogP contribution in [0.25, 0.3) is 0 Å². The summed E-state index contributed by atoms with van der Waals surface area (Å²) in [6.07, 6.45) is 5.99. The van der Waals surface area contributed by atoms with Crippen LogP contribution in [0.1, 0.15) is 32.1 Å². The fraction of sp³-hybridized carbons (Fsp3) is 0.435. The number of hydrogen-bond donors (Lipinski definition) is 1. The molecular formula is C23H23F2N3O3. The molecule has 1 spiro atoms. The van der Waals surface area contributed by atoms with Gasteiger partial charge in [0.25, 0.3) is 0 Å². The van der Waals surface area contributed by atoms with Crippen LogP contribution >= 0.6 is 0 Å². The number of anilines is 1. The van der Waals surface area contributed by atoms with Crippen molar-refractivity contribution in [3.63, 3.8) is 0 Å². The van der Waals surface area contributed by atoms with E-state index in [1.807, 2.05) is 4.90 Å². The summed E-state index contributed by atoms with van der Waals surface area (Å²) in [7, 11) is 0. The Hall–Kier alpha value is -3.03. The summed E-state index contributed by atoms with van der Waals surface area (Å²) in [5.74, 6) is -0.524. The first-order chi connectivity index (χ1) is 14.9. The van der Waals surface area contributed by atoms with Crippen LogP contribution in [0.3, 0.4) is 0 Å². The van der Waals surface area contributed by atoms with Crippen LogP contribution in [0, 0.1) is 28.9 Å². The summed E-state index contributed by atoms with van der Waals surface area (Å²) >= 11 is 0. The molecule has 1 aliphatic heterocycles. The summed E-state index contributed by atoms with van der Waals surface area (Å²) in [5, 5.41) is 2.84. The van der Waals surface area contributed by atoms with Gasteiger partial charge in [0, 0.05) is 31.0 Å². The number of nitrogens with one attached hydrogen (secondary N) is 1. The van der Waals surface area contributed by atoms with Crippen molar-refractivity contribution in [2.75, 3.05) is 18.4 Å². The number of carbonyl (C=O) groups excluding carboxylic acids is 2. The van der Waals surface area contributed by atoms with E-state index in [1.54, 1.807) is 12.1 Å². The average Bonchev–Trinajstić information content (AvgIpc) is 3.68. The van der Waals surface area contributed by atoms with Crippen molar-refractivity contribution in [1.29, 1.82) is 0 Å². The predicted molar refractivity (Wildman–Crippen MR) is 108 cm³/mol. The molecule has 1 saturated heterocycles. The van der Waals surface area contributed by atoms with Crippen LogP contribution in [0.4, 0.5) is 14.6 Å². The molecule has 2 aromatic rings. The standard InChI is InChI=1S/C23H23F2N3O3/c24-15-3-5-19(18(25)11-15)31-16-4-6-20(26-13-16)27-21(29)17-12-23(17)7-9-28(10-8-23)22(30)14-1-2-14/h3-6,11,13-14,17H,1-2,7-10,12H2,(H,26,27,29). The lowest BCUT2D eigenvalue weighted by Gasteiger charge is -2.33. The van der Waals surface area contributed by atoms with Gasteiger partial charge in [-0.05, 0) is 61.8 Å². The van der Waals surface area contributed by atoms with E-state index in [9.17, 15) is 18.4 Å². The second-order valence-electron chi connectivity index (χ2n) is 8.76. The quantitative estimate of drug-likeness (QED) is 0.779. The molecule has 1 N–H and O–H groups in total. The number of amides is 2. The number of nitrogens with zero attached hydrogens (tertiary/aromatic N) is 2. The molecule has 6 nitrogen and oxygen atoms in total. The van der Waals surface area contributed by atoms with Gasteiger partial charge >= 0.3 is 0 Å². The minimum atomic E-state index is -0.804. The highest BCUT2D eigenvalue weighted by Crippen LogP contribution is 2.59. The highest BCUT2D eigenvalue weighted by molar-refractivity contribution is 5.94. The molecule has 8 heteroatoms. The van der Waals surface area contributed by atoms with Gasteiger partial charge in [-0.15, -0.1) is 0 Å². The predicted octanol–water partition coefficient (Wildman–Crippen LogP) is 4.13. The summed E-state index contributed by atoms with van der Waals surface area (Å²) in [6.45, 7) is 1.48. The molecular weight excluding hydrogens is 404 g/mol. The Bertz CT molecular complexity index is 1020. The Kier molecular flexibility index (Phi) is 4.87. The first kappa shape index (κ1) is 19.9. The molecule has 162 valence electrons. The first-order valence-electron chi connectivity index (χ1n) is 10.6. The van der Waals surface area contributed by atoms with Gasteiger partial charge in [-0.2, -0.15) is 0 Å². The molecule has 31 heavy (non-hydrogen) atoms. The average molecular weight is 427 g/mol. The fourth-order valence-corrected chi connectivity index (χ4v) is 4.44. The van der Waals surface area contributed by atoms with Gasteiger partial charge in [-0.25, -0.2) is 13.8 Å². The molecule has 3 aliphatic rings. The summed E-state index contributed by atoms with van der Waals surface area (Å²) < 4.78 is 32.1. The Morgan fingerprint density at radius 1 is 1.13 bits per heavy atom. The SMILES string of the molecule is O=C(Nc1ccc(Oc2ccc(F)cc2F)cn1)C1CC12CCN(C(=O)C1CC1)CC2. The number of hydrogen-bond acceptors (Lipinski definition) is 4. The van der Waals surface area contributed by atoms with Gasteiger partial charge < -0.3 is 15.0 Å². The van der Waals surface area contributed by atoms with E-state index in [2.05, 4.69) is 10.3 Å². The minimum absolute atomic E-state index is 0.00752. The molecule has 1 aromatic carbocycles. The van der Waals surface area contributed by atoms with Crippen molar-refractivity contribution in [3.8, 4) is 11.5 Å². The van der Waals surface area contributed by atoms with E-state index in [0.29, 0.717) is 5.82 Å². The zero-order chi connectivity index (χ0) is 21.6. The molecule has 0 radical (unpaired) electrons. The van der Waals surface area contributed by atoms with Gasteiger partial charge in [0.05, 0.1) is 6.20 Å². The highest BCUT2D eigenvalue weighted by Gasteiger charge is 2.59. The molecule has 2 heterocycles. The molecule has 0 bridgehead atoms. The van der Waals surface area contributed by atoms with Crippen molar-refractivity contribution >= 4 is 17.6 Å². The van der Waals surface area contributed by atoms with Crippen LogP contribution < -0.4 is 10.1 Å². The maximum Gasteiger partial charge on any atom is 0.229 e. The highest BCUT2D eigenvalue weighted by atomic mass is 19.1. The monoisotopic (exact) mass is 427 g/mol. The topological polar surface area (TPSA) is 71.5 Å². The number of aromatic nitrogens is 1. The molecule has 2 amide bonds. The molecule has 5 rings (SSSR count). The Balaban J connectivity index is 1.14. The zero-order valence-corrected chi connectivity index (χ0v) is 16.9. The van der Waals surface area contributed by atoms with Crippen LogP contribution in [-0.2, 0) is 9.59 Å². The van der Waals surface area contributed by atoms with Crippen LogP contribution in [0.15, 0.2) is 36.5 Å². The van der Waals surface area contributed by atoms with E-state index in [-0.39, 0.29) is 40.6 Å². The largest absolute Gasteiger partial charge is 0.453 e. The van der Waals surface area contributed by atoms with Crippen molar-refractivity contribution < 1.29 is 23.1 Å². The third kappa shape index (κ3) is 4.11. The first-order valence-corrected chi connectivity index (χ1v) is 10.6. The van der Waals surface area contributed by atoms with Crippen LogP contribution in [-0.4, -0.2) is 34.8 Å². The van der Waals surface area contributed by atoms with Crippen molar-refractivity contribution in [3.05, 3.63) is 48.2 Å². The van der Waals surface area contributed by atoms with Crippen LogP contribution in [0.2, 0.25) is 0 Å². The summed E-state index contributed by atoms with van der Waals surface area (Å²) in [5.41, 5.74) is 0.00752. The maximum absolute atomic E-state index is 13.7. The number of likely N-dealkylation sites (tertiary alicyclic amines) is 1. The number of ether oxygens (including phenoxy) is 1. The molecule has 1 atom stereocenters. The summed E-state index contributed by atoms with van der Waals surface area (Å²) in [4.78, 5) is 31.0. The second-order valence-corrected chi connectivity index (χ2v) is 8.76. The summed E-state index contributed by atoms with van der Waals surface area (Å²) in [6, 6.07) is 6.21. The Morgan fingerprint density at radius 2 is 1.90 bits per heavy atom. The van der Waals surface area contributed by atoms with Gasteiger partial charge in [0.1, 0.15) is 17.4 Å². The fourth-order valence-electron chi connectivity index (χ4n) is 4.44. The molecule has 3 fully saturated rings. The van der Waals surface area contributed by atoms with Crippen molar-refractivity contribution in [2.45, 2.75) is 32.1 Å². The van der Waals surface area contributed by atoms with Gasteiger partial charge in [-0.3, -0.25) is 9.59 Å². The Morgan fingerprint density at radius 3 is 2.55 bits per heavy atom. The Labute approximate surface area is 178 Å². The number of rotatable bonds is 5. The molecule has 1 unspecified atom stereocenters. The lowest BCUT2D eigenvalue weighted by atomic mass is 9.90. The van der Waals surface area contributed by atoms with Crippen LogP contribution in [0.5, 0.6) is 11.5 Å². The maximum atomic E-state index is 13.7. The number of halogens is 2. The number of benzene rings is 1. The second kappa shape index (κ2) is 7.59. The smallest absolute Gasteiger partial charge is 0.229 e. The van der Waals surface area contributed by atoms with Crippen molar-refractivity contribution in [2.24, 2.45) is 17.3 Å². The normalized spacial score (nSPS) is 21.6.